The average Bonchev–Trinajstić information content (AvgIpc) is 3.23. The zero-order chi connectivity index (χ0) is 22.1. The fourth-order valence-electron chi connectivity index (χ4n) is 3.67. The van der Waals surface area contributed by atoms with Gasteiger partial charge in [-0.15, -0.1) is 0 Å². The highest BCUT2D eigenvalue weighted by molar-refractivity contribution is 6.01. The van der Waals surface area contributed by atoms with Crippen molar-refractivity contribution in [3.05, 3.63) is 50.1 Å². The van der Waals surface area contributed by atoms with Crippen molar-refractivity contribution in [2.45, 2.75) is 19.8 Å². The van der Waals surface area contributed by atoms with Crippen LogP contribution in [-0.4, -0.2) is 33.2 Å². The maximum absolute atomic E-state index is 11.9. The maximum Gasteiger partial charge on any atom is 0.323 e. The molecule has 0 spiro atoms. The molecule has 31 heavy (non-hydrogen) atoms. The molecule has 0 radical (unpaired) electrons. The summed E-state index contributed by atoms with van der Waals surface area (Å²) in [6, 6.07) is 7.32. The number of nitrogens with one attached hydrogen (secondary N) is 1. The predicted molar refractivity (Wildman–Crippen MR) is 110 cm³/mol. The molecule has 0 aliphatic carbocycles. The summed E-state index contributed by atoms with van der Waals surface area (Å²) < 4.78 is 4.78. The molecule has 0 bridgehead atoms. The van der Waals surface area contributed by atoms with E-state index in [0.717, 1.165) is 18.9 Å². The molecule has 0 atom stereocenters. The van der Waals surface area contributed by atoms with Crippen LogP contribution in [-0.2, 0) is 0 Å². The first-order valence-electron chi connectivity index (χ1n) is 9.53. The van der Waals surface area contributed by atoms with E-state index in [0.29, 0.717) is 36.1 Å². The summed E-state index contributed by atoms with van der Waals surface area (Å²) in [5.74, 6) is 0.531. The summed E-state index contributed by atoms with van der Waals surface area (Å²) in [5, 5.41) is 42.8. The summed E-state index contributed by atoms with van der Waals surface area (Å²) in [6.07, 6.45) is 1.80. The van der Waals surface area contributed by atoms with Crippen molar-refractivity contribution in [2.75, 3.05) is 23.3 Å². The highest BCUT2D eigenvalue weighted by Gasteiger charge is 2.30. The zero-order valence-electron chi connectivity index (χ0n) is 16.4. The first kappa shape index (κ1) is 20.0. The minimum atomic E-state index is -0.592. The van der Waals surface area contributed by atoms with Crippen LogP contribution in [0.15, 0.2) is 28.9 Å². The van der Waals surface area contributed by atoms with Crippen molar-refractivity contribution in [3.8, 4) is 6.07 Å². The van der Waals surface area contributed by atoms with Crippen molar-refractivity contribution in [1.82, 2.24) is 10.3 Å². The van der Waals surface area contributed by atoms with Crippen molar-refractivity contribution >= 4 is 39.5 Å². The number of piperidine rings is 1. The number of nitriles is 1. The minimum Gasteiger partial charge on any atom is -0.366 e. The van der Waals surface area contributed by atoms with Crippen LogP contribution in [0.2, 0.25) is 0 Å². The number of nitrogens with zero attached hydrogens (tertiary/aromatic N) is 6. The lowest BCUT2D eigenvalue weighted by molar-refractivity contribution is -0.384. The molecule has 1 aliphatic rings. The van der Waals surface area contributed by atoms with Gasteiger partial charge >= 0.3 is 5.69 Å². The third-order valence-electron chi connectivity index (χ3n) is 5.40. The summed E-state index contributed by atoms with van der Waals surface area (Å²) in [4.78, 5) is 23.7. The lowest BCUT2D eigenvalue weighted by atomic mass is 9.98. The standard InChI is InChI=1S/C19H17N7O5/c1-11-4-6-24(7-5-11)16-9-15(17-18(23-31-22-17)19(16)26(29)30)21-14-3-2-13(25(27)28)8-12(14)10-20/h2-3,8-9,11,21H,4-7H2,1H3. The van der Waals surface area contributed by atoms with Gasteiger partial charge in [0.2, 0.25) is 5.52 Å². The maximum atomic E-state index is 11.9. The number of non-ortho nitro benzene ring substituents is 1. The van der Waals surface area contributed by atoms with E-state index in [1.54, 1.807) is 6.07 Å². The van der Waals surface area contributed by atoms with Gasteiger partial charge in [0.05, 0.1) is 26.8 Å². The van der Waals surface area contributed by atoms with Gasteiger partial charge in [-0.25, -0.2) is 4.63 Å². The molecule has 1 N–H and O–H groups in total. The van der Waals surface area contributed by atoms with Crippen LogP contribution in [0.4, 0.5) is 28.4 Å². The lowest BCUT2D eigenvalue weighted by Gasteiger charge is -2.32. The van der Waals surface area contributed by atoms with E-state index >= 15 is 0 Å². The predicted octanol–water partition coefficient (Wildman–Crippen LogP) is 3.89. The van der Waals surface area contributed by atoms with Gasteiger partial charge in [-0.1, -0.05) is 6.92 Å². The summed E-state index contributed by atoms with van der Waals surface area (Å²) in [5.41, 5.74) is 0.772. The van der Waals surface area contributed by atoms with Crippen LogP contribution in [0.5, 0.6) is 0 Å². The summed E-state index contributed by atoms with van der Waals surface area (Å²) in [7, 11) is 0. The van der Waals surface area contributed by atoms with Crippen LogP contribution < -0.4 is 10.2 Å². The van der Waals surface area contributed by atoms with Gasteiger partial charge < -0.3 is 10.2 Å². The number of nitro benzene ring substituents is 2. The van der Waals surface area contributed by atoms with Crippen LogP contribution in [0.25, 0.3) is 11.0 Å². The number of hydrogen-bond acceptors (Lipinski definition) is 10. The number of nitro groups is 2. The molecule has 3 aromatic rings. The molecule has 4 rings (SSSR count). The monoisotopic (exact) mass is 423 g/mol. The molecule has 12 heteroatoms. The van der Waals surface area contributed by atoms with Crippen molar-refractivity contribution in [1.29, 1.82) is 5.26 Å². The number of aromatic nitrogens is 2. The number of fused-ring (bicyclic) bond motifs is 1. The van der Waals surface area contributed by atoms with Gasteiger partial charge in [0.15, 0.2) is 5.52 Å². The second kappa shape index (κ2) is 7.86. The Bertz CT molecular complexity index is 1220. The lowest BCUT2D eigenvalue weighted by Crippen LogP contribution is -2.33. The van der Waals surface area contributed by atoms with Crippen molar-refractivity contribution in [2.24, 2.45) is 5.92 Å². The number of hydrogen-bond donors (Lipinski definition) is 1. The number of anilines is 3. The van der Waals surface area contributed by atoms with E-state index in [-0.39, 0.29) is 28.0 Å². The molecule has 0 saturated carbocycles. The van der Waals surface area contributed by atoms with Gasteiger partial charge in [-0.05, 0) is 41.2 Å². The highest BCUT2D eigenvalue weighted by atomic mass is 16.6. The van der Waals surface area contributed by atoms with Gasteiger partial charge in [-0.3, -0.25) is 20.2 Å². The fourth-order valence-corrected chi connectivity index (χ4v) is 3.67. The van der Waals surface area contributed by atoms with Crippen molar-refractivity contribution < 1.29 is 14.5 Å². The molecule has 0 amide bonds. The van der Waals surface area contributed by atoms with Crippen LogP contribution in [0.3, 0.4) is 0 Å². The third-order valence-corrected chi connectivity index (χ3v) is 5.40. The fraction of sp³-hybridized carbons (Fsp3) is 0.316. The third kappa shape index (κ3) is 3.68. The molecule has 2 heterocycles. The second-order valence-corrected chi connectivity index (χ2v) is 7.40. The molecule has 1 aromatic heterocycles. The molecular formula is C19H17N7O5. The van der Waals surface area contributed by atoms with Gasteiger partial charge in [0, 0.05) is 25.2 Å². The Balaban J connectivity index is 1.83. The van der Waals surface area contributed by atoms with E-state index in [9.17, 15) is 25.5 Å². The van der Waals surface area contributed by atoms with E-state index in [1.165, 1.54) is 12.1 Å². The number of rotatable bonds is 5. The minimum absolute atomic E-state index is 0.0101. The highest BCUT2D eigenvalue weighted by Crippen LogP contribution is 2.41. The average molecular weight is 423 g/mol. The Morgan fingerprint density at radius 1 is 1.13 bits per heavy atom. The summed E-state index contributed by atoms with van der Waals surface area (Å²) >= 11 is 0. The topological polar surface area (TPSA) is 164 Å². The van der Waals surface area contributed by atoms with Crippen molar-refractivity contribution in [3.63, 3.8) is 0 Å². The molecule has 158 valence electrons. The Hall–Kier alpha value is -4.27. The Labute approximate surface area is 175 Å². The van der Waals surface area contributed by atoms with E-state index in [1.807, 2.05) is 11.0 Å². The van der Waals surface area contributed by atoms with Crippen LogP contribution >= 0.6 is 0 Å². The zero-order valence-corrected chi connectivity index (χ0v) is 16.4. The molecule has 1 aliphatic heterocycles. The Morgan fingerprint density at radius 2 is 1.84 bits per heavy atom. The smallest absolute Gasteiger partial charge is 0.323 e. The summed E-state index contributed by atoms with van der Waals surface area (Å²) in [6.45, 7) is 3.44. The molecule has 1 saturated heterocycles. The first-order valence-corrected chi connectivity index (χ1v) is 9.53. The SMILES string of the molecule is CC1CCN(c2cc(Nc3ccc([N+](=O)[O-])cc3C#N)c3nonc3c2[N+](=O)[O-])CC1. The van der Waals surface area contributed by atoms with E-state index < -0.39 is 9.85 Å². The number of benzene rings is 2. The van der Waals surface area contributed by atoms with Crippen LogP contribution in [0.1, 0.15) is 25.3 Å². The molecule has 2 aromatic carbocycles. The van der Waals surface area contributed by atoms with Gasteiger partial charge in [-0.2, -0.15) is 5.26 Å². The van der Waals surface area contributed by atoms with Crippen LogP contribution in [0, 0.1) is 37.5 Å². The van der Waals surface area contributed by atoms with E-state index in [4.69, 9.17) is 4.63 Å². The van der Waals surface area contributed by atoms with Gasteiger partial charge in [0.1, 0.15) is 11.8 Å². The first-order chi connectivity index (χ1) is 14.9. The normalized spacial score (nSPS) is 14.4. The molecule has 1 fully saturated rings. The van der Waals surface area contributed by atoms with Gasteiger partial charge in [0.25, 0.3) is 5.69 Å². The largest absolute Gasteiger partial charge is 0.366 e. The second-order valence-electron chi connectivity index (χ2n) is 7.40. The van der Waals surface area contributed by atoms with E-state index in [2.05, 4.69) is 22.6 Å². The quantitative estimate of drug-likeness (QED) is 0.470. The molecular weight excluding hydrogens is 406 g/mol. The Morgan fingerprint density at radius 3 is 2.48 bits per heavy atom. The Kier molecular flexibility index (Phi) is 5.08. The molecule has 12 nitrogen and oxygen atoms in total. The molecule has 0 unspecified atom stereocenters.